The third kappa shape index (κ3) is 4.35. The Morgan fingerprint density at radius 2 is 1.80 bits per heavy atom. The van der Waals surface area contributed by atoms with Gasteiger partial charge >= 0.3 is 6.03 Å². The van der Waals surface area contributed by atoms with Crippen LogP contribution < -0.4 is 4.90 Å². The maximum Gasteiger partial charge on any atom is 0.324 e. The molecule has 0 N–H and O–H groups in total. The van der Waals surface area contributed by atoms with Crippen molar-refractivity contribution >= 4 is 17.6 Å². The van der Waals surface area contributed by atoms with E-state index in [1.165, 1.54) is 12.0 Å². The first kappa shape index (κ1) is 20.5. The van der Waals surface area contributed by atoms with Crippen molar-refractivity contribution in [1.29, 1.82) is 0 Å². The molecule has 5 nitrogen and oxygen atoms in total. The molecule has 2 aromatic rings. The predicted octanol–water partition coefficient (Wildman–Crippen LogP) is 4.84. The maximum atomic E-state index is 13.1. The second-order valence-electron chi connectivity index (χ2n) is 8.59. The Morgan fingerprint density at radius 1 is 1.00 bits per heavy atom. The normalized spacial score (nSPS) is 19.9. The van der Waals surface area contributed by atoms with Gasteiger partial charge in [-0.05, 0) is 69.4 Å². The number of amides is 3. The number of benzene rings is 2. The third-order valence-corrected chi connectivity index (χ3v) is 6.26. The number of anilines is 1. The van der Waals surface area contributed by atoms with E-state index in [2.05, 4.69) is 32.0 Å². The summed E-state index contributed by atoms with van der Waals surface area (Å²) in [5, 5.41) is 0. The number of rotatable bonds is 4. The van der Waals surface area contributed by atoms with Crippen molar-refractivity contribution in [2.24, 2.45) is 0 Å². The fourth-order valence-corrected chi connectivity index (χ4v) is 4.55. The Kier molecular flexibility index (Phi) is 6.07. The first-order valence-corrected chi connectivity index (χ1v) is 11.1. The summed E-state index contributed by atoms with van der Waals surface area (Å²) in [6.45, 7) is 7.13. The van der Waals surface area contributed by atoms with Gasteiger partial charge in [0.05, 0.1) is 0 Å². The van der Waals surface area contributed by atoms with Crippen molar-refractivity contribution in [3.05, 3.63) is 65.2 Å². The van der Waals surface area contributed by atoms with E-state index in [9.17, 15) is 9.59 Å². The maximum absolute atomic E-state index is 13.1. The number of aryl methyl sites for hydroxylation is 1. The zero-order valence-electron chi connectivity index (χ0n) is 18.0. The quantitative estimate of drug-likeness (QED) is 0.730. The Hall–Kier alpha value is -2.82. The lowest BCUT2D eigenvalue weighted by Crippen LogP contribution is -2.49. The number of carbonyl (C=O) groups is 2. The Balaban J connectivity index is 1.45. The fourth-order valence-electron chi connectivity index (χ4n) is 4.55. The molecule has 5 heteroatoms. The molecule has 3 amide bonds. The zero-order chi connectivity index (χ0) is 21.1. The highest BCUT2D eigenvalue weighted by molar-refractivity contribution is 5.96. The SMILES string of the molecule is Cc1cccc(CN2CCCN(c3ccc(C(=O)N4CCCCC4C)cc3)C2=O)c1. The Bertz CT molecular complexity index is 909. The lowest BCUT2D eigenvalue weighted by Gasteiger charge is -2.36. The van der Waals surface area contributed by atoms with Gasteiger partial charge < -0.3 is 9.80 Å². The predicted molar refractivity (Wildman–Crippen MR) is 120 cm³/mol. The molecule has 4 rings (SSSR count). The van der Waals surface area contributed by atoms with E-state index >= 15 is 0 Å². The van der Waals surface area contributed by atoms with Crippen LogP contribution in [0.2, 0.25) is 0 Å². The van der Waals surface area contributed by atoms with Gasteiger partial charge in [-0.2, -0.15) is 0 Å². The molecule has 2 fully saturated rings. The van der Waals surface area contributed by atoms with Crippen molar-refractivity contribution < 1.29 is 9.59 Å². The summed E-state index contributed by atoms with van der Waals surface area (Å²) in [5.41, 5.74) is 3.92. The fraction of sp³-hybridized carbons (Fsp3) is 0.440. The Morgan fingerprint density at radius 3 is 2.53 bits per heavy atom. The van der Waals surface area contributed by atoms with Crippen LogP contribution in [0.5, 0.6) is 0 Å². The summed E-state index contributed by atoms with van der Waals surface area (Å²) in [5.74, 6) is 0.0970. The van der Waals surface area contributed by atoms with Crippen LogP contribution >= 0.6 is 0 Å². The van der Waals surface area contributed by atoms with Crippen molar-refractivity contribution in [3.63, 3.8) is 0 Å². The molecule has 2 aromatic carbocycles. The van der Waals surface area contributed by atoms with Crippen LogP contribution in [0.15, 0.2) is 48.5 Å². The number of likely N-dealkylation sites (tertiary alicyclic amines) is 1. The number of urea groups is 1. The van der Waals surface area contributed by atoms with Gasteiger partial charge in [-0.3, -0.25) is 9.69 Å². The Labute approximate surface area is 179 Å². The first-order valence-electron chi connectivity index (χ1n) is 11.1. The van der Waals surface area contributed by atoms with Crippen LogP contribution in [0.25, 0.3) is 0 Å². The minimum Gasteiger partial charge on any atom is -0.336 e. The monoisotopic (exact) mass is 405 g/mol. The smallest absolute Gasteiger partial charge is 0.324 e. The van der Waals surface area contributed by atoms with Gasteiger partial charge in [0.2, 0.25) is 0 Å². The highest BCUT2D eigenvalue weighted by atomic mass is 16.2. The molecule has 2 heterocycles. The molecular formula is C25H31N3O2. The lowest BCUT2D eigenvalue weighted by molar-refractivity contribution is 0.0635. The van der Waals surface area contributed by atoms with E-state index in [0.717, 1.165) is 43.6 Å². The highest BCUT2D eigenvalue weighted by Crippen LogP contribution is 2.24. The third-order valence-electron chi connectivity index (χ3n) is 6.26. The molecule has 2 aliphatic rings. The van der Waals surface area contributed by atoms with Crippen molar-refractivity contribution in [2.75, 3.05) is 24.5 Å². The van der Waals surface area contributed by atoms with E-state index in [1.54, 1.807) is 0 Å². The van der Waals surface area contributed by atoms with Crippen LogP contribution in [0.4, 0.5) is 10.5 Å². The van der Waals surface area contributed by atoms with Crippen molar-refractivity contribution in [3.8, 4) is 0 Å². The highest BCUT2D eigenvalue weighted by Gasteiger charge is 2.28. The number of hydrogen-bond acceptors (Lipinski definition) is 2. The van der Waals surface area contributed by atoms with E-state index in [1.807, 2.05) is 45.0 Å². The molecule has 0 saturated carbocycles. The standard InChI is InChI=1S/C25H31N3O2/c1-19-7-5-9-21(17-19)18-26-14-6-16-28(25(26)30)23-12-10-22(11-13-23)24(29)27-15-4-3-8-20(27)2/h5,7,9-13,17,20H,3-4,6,8,14-16,18H2,1-2H3. The molecule has 0 spiro atoms. The summed E-state index contributed by atoms with van der Waals surface area (Å²) in [4.78, 5) is 31.7. The first-order chi connectivity index (χ1) is 14.5. The van der Waals surface area contributed by atoms with Crippen molar-refractivity contribution in [2.45, 2.75) is 52.1 Å². The van der Waals surface area contributed by atoms with Crippen molar-refractivity contribution in [1.82, 2.24) is 9.80 Å². The molecular weight excluding hydrogens is 374 g/mol. The average Bonchev–Trinajstić information content (AvgIpc) is 2.75. The van der Waals surface area contributed by atoms with Gasteiger partial charge in [0.25, 0.3) is 5.91 Å². The van der Waals surface area contributed by atoms with E-state index < -0.39 is 0 Å². The second-order valence-corrected chi connectivity index (χ2v) is 8.59. The van der Waals surface area contributed by atoms with E-state index in [-0.39, 0.29) is 11.9 Å². The largest absolute Gasteiger partial charge is 0.336 e. The lowest BCUT2D eigenvalue weighted by atomic mass is 10.0. The second kappa shape index (κ2) is 8.90. The van der Waals surface area contributed by atoms with Gasteiger partial charge in [0.1, 0.15) is 0 Å². The molecule has 0 bridgehead atoms. The molecule has 2 saturated heterocycles. The minimum absolute atomic E-state index is 0.0338. The molecule has 0 aromatic heterocycles. The molecule has 1 atom stereocenters. The van der Waals surface area contributed by atoms with Crippen LogP contribution in [-0.2, 0) is 6.54 Å². The van der Waals surface area contributed by atoms with E-state index in [0.29, 0.717) is 24.7 Å². The molecule has 158 valence electrons. The summed E-state index contributed by atoms with van der Waals surface area (Å²) < 4.78 is 0. The summed E-state index contributed by atoms with van der Waals surface area (Å²) >= 11 is 0. The summed E-state index contributed by atoms with van der Waals surface area (Å²) in [6.07, 6.45) is 4.28. The topological polar surface area (TPSA) is 43.9 Å². The molecule has 0 radical (unpaired) electrons. The molecule has 1 unspecified atom stereocenters. The van der Waals surface area contributed by atoms with Gasteiger partial charge in [-0.15, -0.1) is 0 Å². The molecule has 2 aliphatic heterocycles. The number of piperidine rings is 1. The van der Waals surface area contributed by atoms with E-state index in [4.69, 9.17) is 0 Å². The van der Waals surface area contributed by atoms with Gasteiger partial charge in [-0.25, -0.2) is 4.79 Å². The van der Waals surface area contributed by atoms with Crippen LogP contribution in [-0.4, -0.2) is 47.4 Å². The minimum atomic E-state index is 0.0338. The zero-order valence-corrected chi connectivity index (χ0v) is 18.0. The summed E-state index contributed by atoms with van der Waals surface area (Å²) in [7, 11) is 0. The van der Waals surface area contributed by atoms with Crippen LogP contribution in [0.1, 0.15) is 54.1 Å². The van der Waals surface area contributed by atoms with Gasteiger partial charge in [0.15, 0.2) is 0 Å². The number of nitrogens with zero attached hydrogens (tertiary/aromatic N) is 3. The van der Waals surface area contributed by atoms with Gasteiger partial charge in [0, 0.05) is 43.5 Å². The molecule has 30 heavy (non-hydrogen) atoms. The molecule has 0 aliphatic carbocycles. The average molecular weight is 406 g/mol. The summed E-state index contributed by atoms with van der Waals surface area (Å²) in [6, 6.07) is 16.2. The van der Waals surface area contributed by atoms with Gasteiger partial charge in [-0.1, -0.05) is 29.8 Å². The van der Waals surface area contributed by atoms with Crippen LogP contribution in [0.3, 0.4) is 0 Å². The number of carbonyl (C=O) groups excluding carboxylic acids is 2. The van der Waals surface area contributed by atoms with Crippen LogP contribution in [0, 0.1) is 6.92 Å². The number of hydrogen-bond donors (Lipinski definition) is 0.